The maximum atomic E-state index is 12.8. The molecular weight excluding hydrogens is 333 g/mol. The van der Waals surface area contributed by atoms with Gasteiger partial charge in [-0.3, -0.25) is 0 Å². The van der Waals surface area contributed by atoms with Gasteiger partial charge in [0.2, 0.25) is 10.0 Å². The molecule has 0 radical (unpaired) electrons. The minimum atomic E-state index is -3.31. The summed E-state index contributed by atoms with van der Waals surface area (Å²) in [6.45, 7) is 0.284. The predicted octanol–water partition coefficient (Wildman–Crippen LogP) is 2.20. The first-order valence-corrected chi connectivity index (χ1v) is 8.82. The molecule has 0 fully saturated rings. The highest BCUT2D eigenvalue weighted by atomic mass is 32.2. The van der Waals surface area contributed by atoms with Crippen LogP contribution in [0.2, 0.25) is 0 Å². The minimum absolute atomic E-state index is 0.0950. The maximum absolute atomic E-state index is 12.8. The van der Waals surface area contributed by atoms with Crippen LogP contribution in [0.3, 0.4) is 0 Å². The van der Waals surface area contributed by atoms with Gasteiger partial charge in [0.05, 0.1) is 5.75 Å². The van der Waals surface area contributed by atoms with Crippen LogP contribution >= 0.6 is 0 Å². The summed E-state index contributed by atoms with van der Waals surface area (Å²) < 4.78 is 38.0. The van der Waals surface area contributed by atoms with E-state index in [2.05, 4.69) is 15.4 Å². The number of carbonyl (C=O) groups is 1. The lowest BCUT2D eigenvalue weighted by molar-refractivity contribution is 0.251. The molecular formula is C16H18FN3O3S. The average molecular weight is 351 g/mol. The van der Waals surface area contributed by atoms with Gasteiger partial charge in [-0.15, -0.1) is 0 Å². The van der Waals surface area contributed by atoms with Crippen LogP contribution in [-0.4, -0.2) is 21.5 Å². The van der Waals surface area contributed by atoms with Crippen LogP contribution < -0.4 is 15.4 Å². The fraction of sp³-hybridized carbons (Fsp3) is 0.188. The van der Waals surface area contributed by atoms with E-state index >= 15 is 0 Å². The second kappa shape index (κ2) is 7.89. The normalized spacial score (nSPS) is 11.1. The predicted molar refractivity (Wildman–Crippen MR) is 90.4 cm³/mol. The lowest BCUT2D eigenvalue weighted by atomic mass is 10.1. The molecule has 0 aliphatic heterocycles. The molecule has 0 bridgehead atoms. The number of rotatable bonds is 6. The third kappa shape index (κ3) is 5.64. The Bertz CT molecular complexity index is 790. The van der Waals surface area contributed by atoms with E-state index in [0.29, 0.717) is 11.3 Å². The van der Waals surface area contributed by atoms with E-state index in [1.807, 2.05) is 0 Å². The summed E-state index contributed by atoms with van der Waals surface area (Å²) in [6, 6.07) is 11.9. The Kier molecular flexibility index (Phi) is 5.88. The molecule has 0 aliphatic carbocycles. The molecule has 0 unspecified atom stereocenters. The molecule has 0 saturated heterocycles. The van der Waals surface area contributed by atoms with Crippen molar-refractivity contribution < 1.29 is 17.6 Å². The highest BCUT2D eigenvalue weighted by molar-refractivity contribution is 7.88. The average Bonchev–Trinajstić information content (AvgIpc) is 2.56. The van der Waals surface area contributed by atoms with Crippen molar-refractivity contribution in [2.75, 3.05) is 12.4 Å². The smallest absolute Gasteiger partial charge is 0.319 e. The number of benzene rings is 2. The molecule has 0 aliphatic rings. The minimum Gasteiger partial charge on any atom is -0.334 e. The van der Waals surface area contributed by atoms with Gasteiger partial charge in [-0.05, 0) is 42.4 Å². The standard InChI is InChI=1S/C16H18FN3O3S/c1-18-24(22,23)11-13-4-2-12(3-5-13)10-19-16(21)20-15-8-6-14(17)7-9-15/h2-9,18H,10-11H2,1H3,(H2,19,20,21). The van der Waals surface area contributed by atoms with Crippen LogP contribution in [0, 0.1) is 5.82 Å². The van der Waals surface area contributed by atoms with Gasteiger partial charge in [-0.25, -0.2) is 22.3 Å². The second-order valence-corrected chi connectivity index (χ2v) is 7.02. The van der Waals surface area contributed by atoms with Gasteiger partial charge in [-0.1, -0.05) is 24.3 Å². The monoisotopic (exact) mass is 351 g/mol. The fourth-order valence-electron chi connectivity index (χ4n) is 1.94. The lowest BCUT2D eigenvalue weighted by Crippen LogP contribution is -2.28. The first-order valence-electron chi connectivity index (χ1n) is 7.17. The Labute approximate surface area is 140 Å². The molecule has 24 heavy (non-hydrogen) atoms. The summed E-state index contributed by atoms with van der Waals surface area (Å²) in [5.74, 6) is -0.469. The van der Waals surface area contributed by atoms with E-state index in [0.717, 1.165) is 5.56 Å². The highest BCUT2D eigenvalue weighted by Gasteiger charge is 2.08. The van der Waals surface area contributed by atoms with Gasteiger partial charge in [-0.2, -0.15) is 0 Å². The largest absolute Gasteiger partial charge is 0.334 e. The Morgan fingerprint density at radius 2 is 1.58 bits per heavy atom. The molecule has 128 valence electrons. The van der Waals surface area contributed by atoms with Crippen molar-refractivity contribution >= 4 is 21.7 Å². The van der Waals surface area contributed by atoms with E-state index in [1.54, 1.807) is 24.3 Å². The van der Waals surface area contributed by atoms with E-state index in [4.69, 9.17) is 0 Å². The molecule has 2 rings (SSSR count). The molecule has 0 heterocycles. The third-order valence-electron chi connectivity index (χ3n) is 3.25. The van der Waals surface area contributed by atoms with Gasteiger partial charge in [0.1, 0.15) is 5.82 Å². The summed E-state index contributed by atoms with van der Waals surface area (Å²) in [5.41, 5.74) is 1.97. The number of amides is 2. The van der Waals surface area contributed by atoms with Gasteiger partial charge >= 0.3 is 6.03 Å². The molecule has 2 aromatic rings. The SMILES string of the molecule is CNS(=O)(=O)Cc1ccc(CNC(=O)Nc2ccc(F)cc2)cc1. The molecule has 6 nitrogen and oxygen atoms in total. The van der Waals surface area contributed by atoms with Crippen LogP contribution in [-0.2, 0) is 22.3 Å². The van der Waals surface area contributed by atoms with Crippen LogP contribution in [0.15, 0.2) is 48.5 Å². The number of carbonyl (C=O) groups excluding carboxylic acids is 1. The zero-order chi connectivity index (χ0) is 17.6. The zero-order valence-corrected chi connectivity index (χ0v) is 13.9. The number of sulfonamides is 1. The summed E-state index contributed by atoms with van der Waals surface area (Å²) in [4.78, 5) is 11.8. The van der Waals surface area contributed by atoms with Crippen LogP contribution in [0.1, 0.15) is 11.1 Å². The van der Waals surface area contributed by atoms with Crippen molar-refractivity contribution in [3.63, 3.8) is 0 Å². The first kappa shape index (κ1) is 17.9. The fourth-order valence-corrected chi connectivity index (χ4v) is 2.71. The zero-order valence-electron chi connectivity index (χ0n) is 13.0. The maximum Gasteiger partial charge on any atom is 0.319 e. The number of urea groups is 1. The Balaban J connectivity index is 1.85. The molecule has 0 saturated carbocycles. The van der Waals surface area contributed by atoms with Gasteiger partial charge in [0.25, 0.3) is 0 Å². The van der Waals surface area contributed by atoms with Crippen molar-refractivity contribution in [2.24, 2.45) is 0 Å². The van der Waals surface area contributed by atoms with Crippen molar-refractivity contribution in [2.45, 2.75) is 12.3 Å². The summed E-state index contributed by atoms with van der Waals surface area (Å²) in [7, 11) is -1.94. The molecule has 2 amide bonds. The Hall–Kier alpha value is -2.45. The number of halogens is 1. The third-order valence-corrected chi connectivity index (χ3v) is 4.58. The van der Waals surface area contributed by atoms with Gasteiger partial charge < -0.3 is 10.6 Å². The number of anilines is 1. The second-order valence-electron chi connectivity index (χ2n) is 5.09. The van der Waals surface area contributed by atoms with Crippen LogP contribution in [0.5, 0.6) is 0 Å². The van der Waals surface area contributed by atoms with Gasteiger partial charge in [0.15, 0.2) is 0 Å². The number of hydrogen-bond donors (Lipinski definition) is 3. The number of hydrogen-bond acceptors (Lipinski definition) is 3. The van der Waals surface area contributed by atoms with Crippen molar-refractivity contribution in [3.8, 4) is 0 Å². The lowest BCUT2D eigenvalue weighted by Gasteiger charge is -2.08. The van der Waals surface area contributed by atoms with Gasteiger partial charge in [0, 0.05) is 12.2 Å². The summed E-state index contributed by atoms with van der Waals surface area (Å²) in [5, 5.41) is 5.25. The molecule has 8 heteroatoms. The van der Waals surface area contributed by atoms with Crippen molar-refractivity contribution in [3.05, 3.63) is 65.5 Å². The van der Waals surface area contributed by atoms with E-state index in [-0.39, 0.29) is 18.1 Å². The summed E-state index contributed by atoms with van der Waals surface area (Å²) in [6.07, 6.45) is 0. The van der Waals surface area contributed by atoms with E-state index in [9.17, 15) is 17.6 Å². The van der Waals surface area contributed by atoms with Crippen molar-refractivity contribution in [1.82, 2.24) is 10.0 Å². The Morgan fingerprint density at radius 1 is 1.00 bits per heavy atom. The van der Waals surface area contributed by atoms with E-state index < -0.39 is 16.1 Å². The Morgan fingerprint density at radius 3 is 2.17 bits per heavy atom. The molecule has 0 spiro atoms. The first-order chi connectivity index (χ1) is 11.4. The van der Waals surface area contributed by atoms with Crippen molar-refractivity contribution in [1.29, 1.82) is 0 Å². The van der Waals surface area contributed by atoms with Crippen LogP contribution in [0.4, 0.5) is 14.9 Å². The van der Waals surface area contributed by atoms with Crippen LogP contribution in [0.25, 0.3) is 0 Å². The highest BCUT2D eigenvalue weighted by Crippen LogP contribution is 2.09. The molecule has 0 atom stereocenters. The number of nitrogens with one attached hydrogen (secondary N) is 3. The molecule has 2 aromatic carbocycles. The quantitative estimate of drug-likeness (QED) is 0.746. The molecule has 3 N–H and O–H groups in total. The van der Waals surface area contributed by atoms with E-state index in [1.165, 1.54) is 31.3 Å². The topological polar surface area (TPSA) is 87.3 Å². The summed E-state index contributed by atoms with van der Waals surface area (Å²) >= 11 is 0. The molecule has 0 aromatic heterocycles.